The van der Waals surface area contributed by atoms with E-state index >= 15 is 0 Å². The molecule has 0 atom stereocenters. The number of hydrogen-bond acceptors (Lipinski definition) is 0. The average Bonchev–Trinajstić information content (AvgIpc) is 3.02. The SMILES string of the molecule is C1=CCC([Si](C2=CC=CC2)C2=CC=CC2)=C1.[Li+]. The molecule has 79 valence electrons. The van der Waals surface area contributed by atoms with Crippen LogP contribution in [-0.2, 0) is 0 Å². The molecular weight excluding hydrogens is 215 g/mol. The van der Waals surface area contributed by atoms with Crippen LogP contribution in [0.4, 0.5) is 0 Å². The summed E-state index contributed by atoms with van der Waals surface area (Å²) in [6.45, 7) is 0. The van der Waals surface area contributed by atoms with Gasteiger partial charge in [0.25, 0.3) is 0 Å². The largest absolute Gasteiger partial charge is 1.00 e. The van der Waals surface area contributed by atoms with Gasteiger partial charge in [0.05, 0.1) is 0 Å². The summed E-state index contributed by atoms with van der Waals surface area (Å²) in [4.78, 5) is 0. The first-order chi connectivity index (χ1) is 7.95. The number of hydrogen-bond donors (Lipinski definition) is 0. The van der Waals surface area contributed by atoms with Gasteiger partial charge in [0, 0.05) is 0 Å². The molecule has 0 aromatic carbocycles. The maximum Gasteiger partial charge on any atom is 1.00 e. The molecule has 0 N–H and O–H groups in total. The van der Waals surface area contributed by atoms with Gasteiger partial charge < -0.3 is 0 Å². The Kier molecular flexibility index (Phi) is 4.28. The Bertz CT molecular complexity index is 404. The molecule has 2 heteroatoms. The molecule has 0 unspecified atom stereocenters. The minimum absolute atomic E-state index is 0. The molecule has 0 fully saturated rings. The van der Waals surface area contributed by atoms with Crippen molar-refractivity contribution in [3.8, 4) is 0 Å². The Hall–Kier alpha value is -0.746. The summed E-state index contributed by atoms with van der Waals surface area (Å²) in [6, 6.07) is 0. The molecule has 0 saturated carbocycles. The maximum atomic E-state index is 2.34. The predicted molar refractivity (Wildman–Crippen MR) is 71.3 cm³/mol. The summed E-state index contributed by atoms with van der Waals surface area (Å²) in [5.41, 5.74) is 0. The molecule has 0 aromatic heterocycles. The van der Waals surface area contributed by atoms with Crippen molar-refractivity contribution in [1.82, 2.24) is 0 Å². The number of allylic oxidation sites excluding steroid dienone is 12. The van der Waals surface area contributed by atoms with Gasteiger partial charge in [-0.15, -0.1) is 0 Å². The van der Waals surface area contributed by atoms with Gasteiger partial charge in [0.15, 0.2) is 0 Å². The predicted octanol–water partition coefficient (Wildman–Crippen LogP) is 0.762. The fraction of sp³-hybridized carbons (Fsp3) is 0.200. The van der Waals surface area contributed by atoms with E-state index in [0.717, 1.165) is 0 Å². The van der Waals surface area contributed by atoms with E-state index in [2.05, 4.69) is 54.7 Å². The van der Waals surface area contributed by atoms with E-state index in [-0.39, 0.29) is 18.9 Å². The van der Waals surface area contributed by atoms with Crippen LogP contribution in [-0.4, -0.2) is 8.80 Å². The van der Waals surface area contributed by atoms with E-state index < -0.39 is 8.80 Å². The second-order valence-corrected chi connectivity index (χ2v) is 7.02. The minimum Gasteiger partial charge on any atom is -0.0808 e. The Morgan fingerprint density at radius 1 is 0.647 bits per heavy atom. The summed E-state index contributed by atoms with van der Waals surface area (Å²) in [5, 5.41) is 4.99. The first kappa shape index (κ1) is 12.7. The third kappa shape index (κ3) is 2.58. The number of rotatable bonds is 3. The van der Waals surface area contributed by atoms with Crippen molar-refractivity contribution in [2.24, 2.45) is 0 Å². The van der Waals surface area contributed by atoms with Gasteiger partial charge in [-0.3, -0.25) is 0 Å². The summed E-state index contributed by atoms with van der Waals surface area (Å²) >= 11 is 0. The fourth-order valence-electron chi connectivity index (χ4n) is 2.52. The molecule has 0 bridgehead atoms. The van der Waals surface area contributed by atoms with Gasteiger partial charge in [0.2, 0.25) is 0 Å². The molecule has 0 aromatic rings. The van der Waals surface area contributed by atoms with E-state index in [9.17, 15) is 0 Å². The van der Waals surface area contributed by atoms with Crippen LogP contribution in [0.25, 0.3) is 0 Å². The summed E-state index contributed by atoms with van der Waals surface area (Å²) in [7, 11) is -0.582. The third-order valence-electron chi connectivity index (χ3n) is 3.28. The fourth-order valence-corrected chi connectivity index (χ4v) is 5.51. The zero-order chi connectivity index (χ0) is 10.8. The van der Waals surface area contributed by atoms with E-state index in [4.69, 9.17) is 0 Å². The van der Waals surface area contributed by atoms with E-state index in [0.29, 0.717) is 0 Å². The average molecular weight is 230 g/mol. The second kappa shape index (κ2) is 5.73. The van der Waals surface area contributed by atoms with Crippen molar-refractivity contribution < 1.29 is 18.9 Å². The molecular formula is C15H15LiSi+. The van der Waals surface area contributed by atoms with E-state index in [1.807, 2.05) is 0 Å². The molecule has 17 heavy (non-hydrogen) atoms. The first-order valence-corrected chi connectivity index (χ1v) is 7.40. The van der Waals surface area contributed by atoms with Gasteiger partial charge >= 0.3 is 18.9 Å². The molecule has 0 nitrogen and oxygen atoms in total. The van der Waals surface area contributed by atoms with Gasteiger partial charge in [-0.1, -0.05) is 70.3 Å². The quantitative estimate of drug-likeness (QED) is 0.628. The third-order valence-corrected chi connectivity index (χ3v) is 6.32. The van der Waals surface area contributed by atoms with Crippen LogP contribution < -0.4 is 18.9 Å². The summed E-state index contributed by atoms with van der Waals surface area (Å²) < 4.78 is 0. The van der Waals surface area contributed by atoms with Crippen LogP contribution in [0.1, 0.15) is 19.3 Å². The van der Waals surface area contributed by atoms with Crippen molar-refractivity contribution in [2.45, 2.75) is 19.3 Å². The van der Waals surface area contributed by atoms with Crippen molar-refractivity contribution >= 4 is 8.80 Å². The van der Waals surface area contributed by atoms with Crippen LogP contribution in [0.2, 0.25) is 0 Å². The monoisotopic (exact) mass is 230 g/mol. The molecule has 0 heterocycles. The van der Waals surface area contributed by atoms with Crippen molar-refractivity contribution in [3.63, 3.8) is 0 Å². The Morgan fingerprint density at radius 2 is 1.00 bits per heavy atom. The van der Waals surface area contributed by atoms with Crippen LogP contribution in [0, 0.1) is 0 Å². The minimum atomic E-state index is -0.582. The summed E-state index contributed by atoms with van der Waals surface area (Å²) in [6.07, 6.45) is 24.0. The zero-order valence-corrected chi connectivity index (χ0v) is 11.3. The van der Waals surface area contributed by atoms with Gasteiger partial charge in [-0.2, -0.15) is 0 Å². The molecule has 3 aliphatic carbocycles. The van der Waals surface area contributed by atoms with Crippen LogP contribution in [0.15, 0.2) is 70.3 Å². The van der Waals surface area contributed by atoms with Crippen molar-refractivity contribution in [3.05, 3.63) is 70.3 Å². The molecule has 3 aliphatic rings. The molecule has 0 saturated heterocycles. The summed E-state index contributed by atoms with van der Waals surface area (Å²) in [5.74, 6) is 0. The normalized spacial score (nSPS) is 20.6. The van der Waals surface area contributed by atoms with Gasteiger partial charge in [-0.05, 0) is 19.3 Å². The molecule has 0 aliphatic heterocycles. The Morgan fingerprint density at radius 3 is 1.24 bits per heavy atom. The van der Waals surface area contributed by atoms with Crippen LogP contribution in [0.3, 0.4) is 0 Å². The van der Waals surface area contributed by atoms with Crippen molar-refractivity contribution in [1.29, 1.82) is 0 Å². The first-order valence-electron chi connectivity index (χ1n) is 5.90. The van der Waals surface area contributed by atoms with Gasteiger partial charge in [-0.25, -0.2) is 0 Å². The topological polar surface area (TPSA) is 0 Å². The van der Waals surface area contributed by atoms with E-state index in [1.54, 1.807) is 15.6 Å². The zero-order valence-electron chi connectivity index (χ0n) is 10.3. The maximum absolute atomic E-state index is 2.34. The Balaban J connectivity index is 0.00000108. The molecule has 0 amide bonds. The van der Waals surface area contributed by atoms with Crippen LogP contribution >= 0.6 is 0 Å². The second-order valence-electron chi connectivity index (χ2n) is 4.35. The van der Waals surface area contributed by atoms with Crippen LogP contribution in [0.5, 0.6) is 0 Å². The molecule has 0 spiro atoms. The Labute approximate surface area is 117 Å². The molecule has 1 radical (unpaired) electrons. The van der Waals surface area contributed by atoms with E-state index in [1.165, 1.54) is 19.3 Å². The molecule has 3 rings (SSSR count). The van der Waals surface area contributed by atoms with Crippen molar-refractivity contribution in [2.75, 3.05) is 0 Å². The standard InChI is InChI=1S/C15H15Si.Li/c1-2-8-13(7-1)16(14-9-3-4-10-14)15-11-5-6-12-15;/h1-7,9,11H,8,10,12H2;/q;+1. The van der Waals surface area contributed by atoms with Gasteiger partial charge in [0.1, 0.15) is 8.80 Å². The smallest absolute Gasteiger partial charge is 0.0808 e.